The van der Waals surface area contributed by atoms with Gasteiger partial charge in [-0.2, -0.15) is 0 Å². The number of benzene rings is 2. The van der Waals surface area contributed by atoms with Crippen LogP contribution in [0.15, 0.2) is 67.3 Å². The molecule has 2 rings (SSSR count). The quantitative estimate of drug-likeness (QED) is 0.423. The van der Waals surface area contributed by atoms with E-state index >= 15 is 0 Å². The lowest BCUT2D eigenvalue weighted by Gasteiger charge is -2.17. The van der Waals surface area contributed by atoms with E-state index in [4.69, 9.17) is 0 Å². The summed E-state index contributed by atoms with van der Waals surface area (Å²) in [5.74, 6) is -0.554. The Balaban J connectivity index is 1.84. The maximum atomic E-state index is 12.5. The molecule has 0 aliphatic carbocycles. The third-order valence-corrected chi connectivity index (χ3v) is 6.23. The average molecular weight is 430 g/mol. The van der Waals surface area contributed by atoms with Gasteiger partial charge in [0.05, 0.1) is 12.2 Å². The SMILES string of the molecule is C=CC(=O)NCCCN(C)S(=O)(=O)Cc1ccc(NC(=O)Cc2ccccc2)cc1. The summed E-state index contributed by atoms with van der Waals surface area (Å²) in [4.78, 5) is 23.2. The highest BCUT2D eigenvalue weighted by Gasteiger charge is 2.18. The zero-order valence-corrected chi connectivity index (χ0v) is 17.8. The van der Waals surface area contributed by atoms with E-state index in [0.717, 1.165) is 5.56 Å². The van der Waals surface area contributed by atoms with Crippen molar-refractivity contribution in [3.8, 4) is 0 Å². The molecule has 2 N–H and O–H groups in total. The molecule has 0 unspecified atom stereocenters. The third-order valence-electron chi connectivity index (χ3n) is 4.40. The number of hydrogen-bond donors (Lipinski definition) is 2. The van der Waals surface area contributed by atoms with Crippen molar-refractivity contribution in [1.82, 2.24) is 9.62 Å². The van der Waals surface area contributed by atoms with E-state index in [1.807, 2.05) is 30.3 Å². The van der Waals surface area contributed by atoms with Crippen LogP contribution in [0, 0.1) is 0 Å². The van der Waals surface area contributed by atoms with Gasteiger partial charge in [-0.3, -0.25) is 9.59 Å². The number of amides is 2. The molecule has 2 amide bonds. The molecule has 0 bridgehead atoms. The van der Waals surface area contributed by atoms with Gasteiger partial charge in [0.1, 0.15) is 0 Å². The van der Waals surface area contributed by atoms with E-state index in [1.165, 1.54) is 17.4 Å². The molecule has 0 aliphatic heterocycles. The van der Waals surface area contributed by atoms with Gasteiger partial charge in [-0.05, 0) is 35.8 Å². The van der Waals surface area contributed by atoms with Crippen LogP contribution >= 0.6 is 0 Å². The first kappa shape index (κ1) is 23.3. The zero-order valence-electron chi connectivity index (χ0n) is 17.0. The van der Waals surface area contributed by atoms with Gasteiger partial charge in [0.15, 0.2) is 0 Å². The molecular weight excluding hydrogens is 402 g/mol. The molecule has 0 saturated heterocycles. The van der Waals surface area contributed by atoms with Gasteiger partial charge in [0.2, 0.25) is 21.8 Å². The van der Waals surface area contributed by atoms with E-state index in [2.05, 4.69) is 17.2 Å². The molecule has 160 valence electrons. The van der Waals surface area contributed by atoms with Crippen LogP contribution in [0.5, 0.6) is 0 Å². The first-order valence-electron chi connectivity index (χ1n) is 9.57. The standard InChI is InChI=1S/C22H27N3O4S/c1-3-21(26)23-14-7-15-25(2)30(28,29)17-19-10-12-20(13-11-19)24-22(27)16-18-8-5-4-6-9-18/h3-6,8-13H,1,7,14-17H2,2H3,(H,23,26)(H,24,27). The van der Waals surface area contributed by atoms with Crippen LogP contribution < -0.4 is 10.6 Å². The highest BCUT2D eigenvalue weighted by molar-refractivity contribution is 7.88. The van der Waals surface area contributed by atoms with E-state index in [0.29, 0.717) is 30.8 Å². The van der Waals surface area contributed by atoms with Gasteiger partial charge in [0, 0.05) is 25.8 Å². The van der Waals surface area contributed by atoms with E-state index in [-0.39, 0.29) is 24.0 Å². The summed E-state index contributed by atoms with van der Waals surface area (Å²) in [7, 11) is -1.97. The summed E-state index contributed by atoms with van der Waals surface area (Å²) in [5, 5.41) is 5.42. The molecule has 2 aromatic rings. The van der Waals surface area contributed by atoms with Gasteiger partial charge in [0.25, 0.3) is 0 Å². The topological polar surface area (TPSA) is 95.6 Å². The number of nitrogens with one attached hydrogen (secondary N) is 2. The number of carbonyl (C=O) groups is 2. The molecule has 2 aromatic carbocycles. The lowest BCUT2D eigenvalue weighted by atomic mass is 10.1. The molecular formula is C22H27N3O4S. The Morgan fingerprint density at radius 2 is 1.70 bits per heavy atom. The lowest BCUT2D eigenvalue weighted by molar-refractivity contribution is -0.117. The largest absolute Gasteiger partial charge is 0.353 e. The second kappa shape index (κ2) is 11.3. The Morgan fingerprint density at radius 1 is 1.03 bits per heavy atom. The van der Waals surface area contributed by atoms with Crippen LogP contribution in [0.2, 0.25) is 0 Å². The van der Waals surface area contributed by atoms with Crippen LogP contribution in [-0.4, -0.2) is 44.7 Å². The van der Waals surface area contributed by atoms with Crippen molar-refractivity contribution < 1.29 is 18.0 Å². The number of carbonyl (C=O) groups excluding carboxylic acids is 2. The molecule has 0 aromatic heterocycles. The minimum Gasteiger partial charge on any atom is -0.353 e. The van der Waals surface area contributed by atoms with Crippen LogP contribution in [0.4, 0.5) is 5.69 Å². The molecule has 0 fully saturated rings. The molecule has 7 nitrogen and oxygen atoms in total. The Hall–Kier alpha value is -2.97. The van der Waals surface area contributed by atoms with Crippen molar-refractivity contribution >= 4 is 27.5 Å². The monoisotopic (exact) mass is 429 g/mol. The summed E-state index contributed by atoms with van der Waals surface area (Å²) in [6.45, 7) is 4.04. The van der Waals surface area contributed by atoms with Crippen LogP contribution in [-0.2, 0) is 31.8 Å². The van der Waals surface area contributed by atoms with Gasteiger partial charge >= 0.3 is 0 Å². The average Bonchev–Trinajstić information content (AvgIpc) is 2.72. The number of anilines is 1. The second-order valence-electron chi connectivity index (χ2n) is 6.83. The maximum Gasteiger partial charge on any atom is 0.243 e. The summed E-state index contributed by atoms with van der Waals surface area (Å²) in [6.07, 6.45) is 1.95. The third kappa shape index (κ3) is 7.81. The summed E-state index contributed by atoms with van der Waals surface area (Å²) in [6, 6.07) is 16.2. The summed E-state index contributed by atoms with van der Waals surface area (Å²) >= 11 is 0. The summed E-state index contributed by atoms with van der Waals surface area (Å²) in [5.41, 5.74) is 2.16. The summed E-state index contributed by atoms with van der Waals surface area (Å²) < 4.78 is 26.3. The Kier molecular flexibility index (Phi) is 8.76. The van der Waals surface area contributed by atoms with E-state index in [9.17, 15) is 18.0 Å². The molecule has 0 radical (unpaired) electrons. The van der Waals surface area contributed by atoms with Crippen molar-refractivity contribution in [2.45, 2.75) is 18.6 Å². The van der Waals surface area contributed by atoms with Crippen molar-refractivity contribution in [1.29, 1.82) is 0 Å². The van der Waals surface area contributed by atoms with E-state index < -0.39 is 10.0 Å². The fourth-order valence-corrected chi connectivity index (χ4v) is 3.96. The normalized spacial score (nSPS) is 11.1. The van der Waals surface area contributed by atoms with Gasteiger partial charge < -0.3 is 10.6 Å². The minimum atomic E-state index is -3.48. The molecule has 8 heteroatoms. The van der Waals surface area contributed by atoms with Crippen molar-refractivity contribution in [2.75, 3.05) is 25.5 Å². The molecule has 0 atom stereocenters. The maximum absolute atomic E-state index is 12.5. The smallest absolute Gasteiger partial charge is 0.243 e. The number of nitrogens with zero attached hydrogens (tertiary/aromatic N) is 1. The Morgan fingerprint density at radius 3 is 2.33 bits per heavy atom. The van der Waals surface area contributed by atoms with Crippen LogP contribution in [0.1, 0.15) is 17.5 Å². The second-order valence-corrected chi connectivity index (χ2v) is 8.91. The van der Waals surface area contributed by atoms with Crippen molar-refractivity contribution in [2.24, 2.45) is 0 Å². The minimum absolute atomic E-state index is 0.134. The van der Waals surface area contributed by atoms with Crippen LogP contribution in [0.3, 0.4) is 0 Å². The molecule has 0 saturated carbocycles. The fourth-order valence-electron chi connectivity index (χ4n) is 2.72. The highest BCUT2D eigenvalue weighted by atomic mass is 32.2. The number of hydrogen-bond acceptors (Lipinski definition) is 4. The lowest BCUT2D eigenvalue weighted by Crippen LogP contribution is -2.31. The predicted molar refractivity (Wildman–Crippen MR) is 118 cm³/mol. The molecule has 30 heavy (non-hydrogen) atoms. The van der Waals surface area contributed by atoms with Crippen LogP contribution in [0.25, 0.3) is 0 Å². The van der Waals surface area contributed by atoms with Gasteiger partial charge in [-0.15, -0.1) is 0 Å². The molecule has 0 spiro atoms. The number of sulfonamides is 1. The van der Waals surface area contributed by atoms with Crippen molar-refractivity contribution in [3.05, 3.63) is 78.4 Å². The first-order valence-corrected chi connectivity index (χ1v) is 11.2. The van der Waals surface area contributed by atoms with Gasteiger partial charge in [-0.1, -0.05) is 49.0 Å². The first-order chi connectivity index (χ1) is 14.3. The van der Waals surface area contributed by atoms with E-state index in [1.54, 1.807) is 24.3 Å². The Labute approximate surface area is 177 Å². The molecule has 0 heterocycles. The molecule has 0 aliphatic rings. The van der Waals surface area contributed by atoms with Crippen molar-refractivity contribution in [3.63, 3.8) is 0 Å². The Bertz CT molecular complexity index is 958. The fraction of sp³-hybridized carbons (Fsp3) is 0.273. The number of rotatable bonds is 11. The van der Waals surface area contributed by atoms with Gasteiger partial charge in [-0.25, -0.2) is 12.7 Å². The predicted octanol–water partition coefficient (Wildman–Crippen LogP) is 2.32. The zero-order chi connectivity index (χ0) is 22.0. The highest BCUT2D eigenvalue weighted by Crippen LogP contribution is 2.14.